The van der Waals surface area contributed by atoms with Gasteiger partial charge in [-0.3, -0.25) is 0 Å². The summed E-state index contributed by atoms with van der Waals surface area (Å²) in [6.45, 7) is 4.84. The first-order chi connectivity index (χ1) is 9.42. The van der Waals surface area contributed by atoms with Crippen LogP contribution >= 0.6 is 0 Å². The van der Waals surface area contributed by atoms with E-state index in [2.05, 4.69) is 17.1 Å². The van der Waals surface area contributed by atoms with Crippen molar-refractivity contribution in [3.63, 3.8) is 0 Å². The van der Waals surface area contributed by atoms with Crippen molar-refractivity contribution >= 4 is 9.84 Å². The molecule has 0 aromatic carbocycles. The third-order valence-electron chi connectivity index (χ3n) is 4.23. The van der Waals surface area contributed by atoms with E-state index in [1.165, 1.54) is 38.4 Å². The first-order valence-electron chi connectivity index (χ1n) is 8.02. The molecular weight excluding hydrogens is 272 g/mol. The third-order valence-corrected chi connectivity index (χ3v) is 5.15. The molecule has 4 nitrogen and oxygen atoms in total. The van der Waals surface area contributed by atoms with E-state index in [1.807, 2.05) is 7.05 Å². The van der Waals surface area contributed by atoms with Crippen molar-refractivity contribution in [1.29, 1.82) is 0 Å². The summed E-state index contributed by atoms with van der Waals surface area (Å²) in [6, 6.07) is 0.514. The summed E-state index contributed by atoms with van der Waals surface area (Å²) < 4.78 is 22.5. The molecule has 0 spiro atoms. The minimum atomic E-state index is -2.86. The van der Waals surface area contributed by atoms with Crippen LogP contribution in [0, 0.1) is 5.92 Å². The van der Waals surface area contributed by atoms with Crippen molar-refractivity contribution in [3.05, 3.63) is 0 Å². The average Bonchev–Trinajstić information content (AvgIpc) is 2.41. The quantitative estimate of drug-likeness (QED) is 0.707. The summed E-state index contributed by atoms with van der Waals surface area (Å²) in [7, 11) is -0.823. The molecule has 0 saturated heterocycles. The van der Waals surface area contributed by atoms with Gasteiger partial charge in [-0.1, -0.05) is 26.2 Å². The van der Waals surface area contributed by atoms with Gasteiger partial charge in [0.05, 0.1) is 5.75 Å². The zero-order chi connectivity index (χ0) is 15.0. The van der Waals surface area contributed by atoms with Crippen molar-refractivity contribution in [2.75, 3.05) is 38.7 Å². The molecule has 0 aromatic rings. The minimum Gasteiger partial charge on any atom is -0.312 e. The van der Waals surface area contributed by atoms with Crippen molar-refractivity contribution < 1.29 is 8.42 Å². The molecule has 1 atom stereocenters. The molecule has 0 radical (unpaired) electrons. The lowest BCUT2D eigenvalue weighted by atomic mass is 9.83. The molecule has 1 saturated carbocycles. The van der Waals surface area contributed by atoms with E-state index in [1.54, 1.807) is 0 Å². The highest BCUT2D eigenvalue weighted by Gasteiger charge is 2.24. The number of likely N-dealkylation sites (N-methyl/N-ethyl adjacent to an activating group) is 1. The molecule has 1 unspecified atom stereocenters. The van der Waals surface area contributed by atoms with Crippen LogP contribution in [0.25, 0.3) is 0 Å². The Bertz CT molecular complexity index is 351. The number of rotatable bonds is 9. The highest BCUT2D eigenvalue weighted by molar-refractivity contribution is 7.90. The SMILES string of the molecule is CCCNC(CN(C)CCS(C)(=O)=O)C1CCCCC1. The first-order valence-corrected chi connectivity index (χ1v) is 10.1. The molecule has 1 fully saturated rings. The monoisotopic (exact) mass is 304 g/mol. The molecule has 0 heterocycles. The predicted molar refractivity (Wildman–Crippen MR) is 85.9 cm³/mol. The molecular formula is C15H32N2O2S. The van der Waals surface area contributed by atoms with Gasteiger partial charge in [-0.15, -0.1) is 0 Å². The molecule has 0 bridgehead atoms. The number of nitrogens with one attached hydrogen (secondary N) is 1. The Hall–Kier alpha value is -0.130. The van der Waals surface area contributed by atoms with Gasteiger partial charge in [0.25, 0.3) is 0 Å². The average molecular weight is 305 g/mol. The van der Waals surface area contributed by atoms with Gasteiger partial charge in [0, 0.05) is 25.4 Å². The van der Waals surface area contributed by atoms with E-state index in [4.69, 9.17) is 0 Å². The van der Waals surface area contributed by atoms with Gasteiger partial charge in [-0.2, -0.15) is 0 Å². The van der Waals surface area contributed by atoms with Gasteiger partial charge in [-0.25, -0.2) is 8.42 Å². The fraction of sp³-hybridized carbons (Fsp3) is 1.00. The number of sulfone groups is 1. The van der Waals surface area contributed by atoms with Crippen LogP contribution in [0.1, 0.15) is 45.4 Å². The summed E-state index contributed by atoms with van der Waals surface area (Å²) in [6.07, 6.45) is 9.18. The number of hydrogen-bond donors (Lipinski definition) is 1. The van der Waals surface area contributed by atoms with E-state index >= 15 is 0 Å². The molecule has 120 valence electrons. The van der Waals surface area contributed by atoms with Gasteiger partial charge in [0.15, 0.2) is 0 Å². The van der Waals surface area contributed by atoms with E-state index in [0.717, 1.165) is 25.4 Å². The summed E-state index contributed by atoms with van der Waals surface area (Å²) in [5, 5.41) is 3.68. The van der Waals surface area contributed by atoms with Crippen LogP contribution in [0.3, 0.4) is 0 Å². The second kappa shape index (κ2) is 9.00. The van der Waals surface area contributed by atoms with Gasteiger partial charge in [0.2, 0.25) is 0 Å². The van der Waals surface area contributed by atoms with Crippen molar-refractivity contribution in [2.45, 2.75) is 51.5 Å². The lowest BCUT2D eigenvalue weighted by molar-refractivity contribution is 0.210. The van der Waals surface area contributed by atoms with Gasteiger partial charge >= 0.3 is 0 Å². The topological polar surface area (TPSA) is 49.4 Å². The standard InChI is InChI=1S/C15H32N2O2S/c1-4-10-16-15(14-8-6-5-7-9-14)13-17(2)11-12-20(3,18)19/h14-16H,4-13H2,1-3H3. The third kappa shape index (κ3) is 7.60. The molecule has 0 amide bonds. The molecule has 0 aromatic heterocycles. The predicted octanol–water partition coefficient (Wildman–Crippen LogP) is 1.91. The van der Waals surface area contributed by atoms with Crippen molar-refractivity contribution in [3.8, 4) is 0 Å². The van der Waals surface area contributed by atoms with Crippen LogP contribution < -0.4 is 5.32 Å². The Labute approximate surface area is 125 Å². The van der Waals surface area contributed by atoms with Crippen LogP contribution in [0.2, 0.25) is 0 Å². The highest BCUT2D eigenvalue weighted by Crippen LogP contribution is 2.26. The van der Waals surface area contributed by atoms with Crippen LogP contribution in [0.15, 0.2) is 0 Å². The van der Waals surface area contributed by atoms with Crippen LogP contribution in [0.5, 0.6) is 0 Å². The van der Waals surface area contributed by atoms with Crippen molar-refractivity contribution in [1.82, 2.24) is 10.2 Å². The van der Waals surface area contributed by atoms with Crippen molar-refractivity contribution in [2.24, 2.45) is 5.92 Å². The Morgan fingerprint density at radius 1 is 1.25 bits per heavy atom. The molecule has 1 rings (SSSR count). The van der Waals surface area contributed by atoms with Crippen LogP contribution in [-0.4, -0.2) is 58.1 Å². The lowest BCUT2D eigenvalue weighted by Crippen LogP contribution is -2.46. The maximum atomic E-state index is 11.3. The molecule has 1 N–H and O–H groups in total. The zero-order valence-electron chi connectivity index (χ0n) is 13.4. The first kappa shape index (κ1) is 17.9. The molecule has 0 aliphatic heterocycles. The number of hydrogen-bond acceptors (Lipinski definition) is 4. The van der Waals surface area contributed by atoms with E-state index in [0.29, 0.717) is 12.6 Å². The normalized spacial score (nSPS) is 19.4. The lowest BCUT2D eigenvalue weighted by Gasteiger charge is -2.34. The Kier molecular flexibility index (Phi) is 8.07. The van der Waals surface area contributed by atoms with E-state index in [-0.39, 0.29) is 5.75 Å². The summed E-state index contributed by atoms with van der Waals surface area (Å²) in [5.74, 6) is 1.02. The van der Waals surface area contributed by atoms with E-state index in [9.17, 15) is 8.42 Å². The summed E-state index contributed by atoms with van der Waals surface area (Å²) in [4.78, 5) is 2.17. The number of nitrogens with zero attached hydrogens (tertiary/aromatic N) is 1. The summed E-state index contributed by atoms with van der Waals surface area (Å²) >= 11 is 0. The summed E-state index contributed by atoms with van der Waals surface area (Å²) in [5.41, 5.74) is 0. The fourth-order valence-corrected chi connectivity index (χ4v) is 3.64. The van der Waals surface area contributed by atoms with Gasteiger partial charge < -0.3 is 10.2 Å². The van der Waals surface area contributed by atoms with Gasteiger partial charge in [0.1, 0.15) is 9.84 Å². The zero-order valence-corrected chi connectivity index (χ0v) is 14.2. The van der Waals surface area contributed by atoms with E-state index < -0.39 is 9.84 Å². The molecule has 5 heteroatoms. The second-order valence-electron chi connectivity index (χ2n) is 6.35. The maximum absolute atomic E-state index is 11.3. The van der Waals surface area contributed by atoms with Crippen LogP contribution in [0.4, 0.5) is 0 Å². The molecule has 20 heavy (non-hydrogen) atoms. The highest BCUT2D eigenvalue weighted by atomic mass is 32.2. The fourth-order valence-electron chi connectivity index (χ4n) is 3.00. The second-order valence-corrected chi connectivity index (χ2v) is 8.61. The van der Waals surface area contributed by atoms with Crippen LogP contribution in [-0.2, 0) is 9.84 Å². The minimum absolute atomic E-state index is 0.259. The Morgan fingerprint density at radius 3 is 2.45 bits per heavy atom. The Balaban J connectivity index is 2.45. The maximum Gasteiger partial charge on any atom is 0.148 e. The molecule has 1 aliphatic carbocycles. The largest absolute Gasteiger partial charge is 0.312 e. The van der Waals surface area contributed by atoms with Gasteiger partial charge in [-0.05, 0) is 38.8 Å². The molecule has 1 aliphatic rings. The smallest absolute Gasteiger partial charge is 0.148 e. The Morgan fingerprint density at radius 2 is 1.90 bits per heavy atom.